The SMILES string of the molecule is CCNC(=NCCS(=O)(=O)CC)NC(C)c1ccc(Cl)cc1Cl.I. The molecule has 5 nitrogen and oxygen atoms in total. The molecule has 2 N–H and O–H groups in total. The van der Waals surface area contributed by atoms with Crippen molar-refractivity contribution in [2.75, 3.05) is 24.6 Å². The van der Waals surface area contributed by atoms with Gasteiger partial charge in [0.1, 0.15) is 0 Å². The second-order valence-electron chi connectivity index (χ2n) is 5.03. The zero-order valence-electron chi connectivity index (χ0n) is 14.0. The number of sulfone groups is 1. The fourth-order valence-corrected chi connectivity index (χ4v) is 3.13. The third-order valence-corrected chi connectivity index (χ3v) is 5.49. The van der Waals surface area contributed by atoms with E-state index in [1.54, 1.807) is 19.1 Å². The molecule has 0 aliphatic heterocycles. The molecule has 1 aromatic carbocycles. The summed E-state index contributed by atoms with van der Waals surface area (Å²) >= 11 is 12.1. The normalized spacial score (nSPS) is 13.1. The Balaban J connectivity index is 0.00000529. The third kappa shape index (κ3) is 8.22. The Morgan fingerprint density at radius 1 is 1.29 bits per heavy atom. The van der Waals surface area contributed by atoms with Gasteiger partial charge in [0.15, 0.2) is 15.8 Å². The first-order chi connectivity index (χ1) is 10.8. The van der Waals surface area contributed by atoms with E-state index in [0.717, 1.165) is 5.56 Å². The van der Waals surface area contributed by atoms with Crippen molar-refractivity contribution in [3.05, 3.63) is 33.8 Å². The zero-order chi connectivity index (χ0) is 17.5. The maximum atomic E-state index is 11.5. The van der Waals surface area contributed by atoms with Crippen molar-refractivity contribution in [3.8, 4) is 0 Å². The summed E-state index contributed by atoms with van der Waals surface area (Å²) in [7, 11) is -3.02. The van der Waals surface area contributed by atoms with Crippen LogP contribution in [0.15, 0.2) is 23.2 Å². The molecule has 0 heterocycles. The molecule has 1 rings (SSSR count). The second-order valence-corrected chi connectivity index (χ2v) is 8.35. The van der Waals surface area contributed by atoms with Crippen LogP contribution in [0.4, 0.5) is 0 Å². The highest BCUT2D eigenvalue weighted by molar-refractivity contribution is 14.0. The molecule has 1 aromatic rings. The van der Waals surface area contributed by atoms with Crippen molar-refractivity contribution in [1.82, 2.24) is 10.6 Å². The molecule has 0 fully saturated rings. The number of nitrogens with zero attached hydrogens (tertiary/aromatic N) is 1. The lowest BCUT2D eigenvalue weighted by Gasteiger charge is -2.19. The standard InChI is InChI=1S/C15H23Cl2N3O2S.HI/c1-4-18-15(19-8-9-23(21,22)5-2)20-11(3)13-7-6-12(16)10-14(13)17;/h6-7,10-11H,4-5,8-9H2,1-3H3,(H2,18,19,20);1H. The largest absolute Gasteiger partial charge is 0.357 e. The molecule has 0 saturated carbocycles. The van der Waals surface area contributed by atoms with E-state index in [1.165, 1.54) is 0 Å². The smallest absolute Gasteiger partial charge is 0.191 e. The first-order valence-electron chi connectivity index (χ1n) is 7.49. The van der Waals surface area contributed by atoms with Gasteiger partial charge in [-0.2, -0.15) is 0 Å². The molecule has 138 valence electrons. The van der Waals surface area contributed by atoms with Crippen LogP contribution < -0.4 is 10.6 Å². The molecule has 0 aromatic heterocycles. The molecule has 0 aliphatic carbocycles. The van der Waals surface area contributed by atoms with E-state index < -0.39 is 9.84 Å². The van der Waals surface area contributed by atoms with Crippen LogP contribution in [0, 0.1) is 0 Å². The Bertz CT molecular complexity index is 654. The van der Waals surface area contributed by atoms with Crippen LogP contribution in [0.1, 0.15) is 32.4 Å². The van der Waals surface area contributed by atoms with Crippen molar-refractivity contribution in [2.45, 2.75) is 26.8 Å². The Kier molecular flexibility index (Phi) is 11.3. The minimum atomic E-state index is -3.02. The average molecular weight is 508 g/mol. The van der Waals surface area contributed by atoms with Gasteiger partial charge in [-0.15, -0.1) is 24.0 Å². The second kappa shape index (κ2) is 11.4. The number of hydrogen-bond donors (Lipinski definition) is 2. The van der Waals surface area contributed by atoms with Gasteiger partial charge >= 0.3 is 0 Å². The number of guanidine groups is 1. The van der Waals surface area contributed by atoms with Crippen LogP contribution in [0.5, 0.6) is 0 Å². The van der Waals surface area contributed by atoms with Crippen LogP contribution in [-0.2, 0) is 9.84 Å². The van der Waals surface area contributed by atoms with Crippen LogP contribution >= 0.6 is 47.2 Å². The van der Waals surface area contributed by atoms with Gasteiger partial charge in [0, 0.05) is 22.3 Å². The van der Waals surface area contributed by atoms with Gasteiger partial charge in [0.25, 0.3) is 0 Å². The summed E-state index contributed by atoms with van der Waals surface area (Å²) in [6.07, 6.45) is 0. The predicted molar refractivity (Wildman–Crippen MR) is 114 cm³/mol. The van der Waals surface area contributed by atoms with E-state index in [2.05, 4.69) is 15.6 Å². The molecule has 0 bridgehead atoms. The topological polar surface area (TPSA) is 70.6 Å². The first kappa shape index (κ1) is 23.8. The molecule has 0 spiro atoms. The lowest BCUT2D eigenvalue weighted by molar-refractivity contribution is 0.597. The van der Waals surface area contributed by atoms with Crippen molar-refractivity contribution >= 4 is 63.0 Å². The van der Waals surface area contributed by atoms with Gasteiger partial charge < -0.3 is 10.6 Å². The lowest BCUT2D eigenvalue weighted by Crippen LogP contribution is -2.39. The van der Waals surface area contributed by atoms with Crippen LogP contribution in [0.3, 0.4) is 0 Å². The van der Waals surface area contributed by atoms with E-state index in [0.29, 0.717) is 22.5 Å². The Hall–Kier alpha value is -0.250. The van der Waals surface area contributed by atoms with Crippen LogP contribution in [0.2, 0.25) is 10.0 Å². The Morgan fingerprint density at radius 2 is 1.96 bits per heavy atom. The predicted octanol–water partition coefficient (Wildman–Crippen LogP) is 3.66. The van der Waals surface area contributed by atoms with Gasteiger partial charge in [-0.25, -0.2) is 8.42 Å². The van der Waals surface area contributed by atoms with Crippen molar-refractivity contribution < 1.29 is 8.42 Å². The van der Waals surface area contributed by atoms with Gasteiger partial charge in [-0.05, 0) is 31.5 Å². The monoisotopic (exact) mass is 507 g/mol. The summed E-state index contributed by atoms with van der Waals surface area (Å²) in [5.74, 6) is 0.719. The summed E-state index contributed by atoms with van der Waals surface area (Å²) in [5.41, 5.74) is 0.892. The summed E-state index contributed by atoms with van der Waals surface area (Å²) in [5, 5.41) is 7.46. The molecule has 0 amide bonds. The Morgan fingerprint density at radius 3 is 2.50 bits per heavy atom. The van der Waals surface area contributed by atoms with E-state index in [9.17, 15) is 8.42 Å². The average Bonchev–Trinajstić information content (AvgIpc) is 2.47. The summed E-state index contributed by atoms with van der Waals surface area (Å²) in [6, 6.07) is 5.22. The van der Waals surface area contributed by atoms with E-state index in [4.69, 9.17) is 23.2 Å². The quantitative estimate of drug-likeness (QED) is 0.335. The fourth-order valence-electron chi connectivity index (χ4n) is 1.90. The summed E-state index contributed by atoms with van der Waals surface area (Å²) in [4.78, 5) is 4.31. The summed E-state index contributed by atoms with van der Waals surface area (Å²) < 4.78 is 23.0. The maximum Gasteiger partial charge on any atom is 0.191 e. The number of halogens is 3. The Labute approximate surface area is 171 Å². The highest BCUT2D eigenvalue weighted by Crippen LogP contribution is 2.25. The number of hydrogen-bond acceptors (Lipinski definition) is 3. The van der Waals surface area contributed by atoms with Crippen LogP contribution in [-0.4, -0.2) is 39.0 Å². The van der Waals surface area contributed by atoms with Crippen molar-refractivity contribution in [3.63, 3.8) is 0 Å². The van der Waals surface area contributed by atoms with Gasteiger partial charge in [-0.3, -0.25) is 4.99 Å². The maximum absolute atomic E-state index is 11.5. The van der Waals surface area contributed by atoms with Gasteiger partial charge in [0.2, 0.25) is 0 Å². The van der Waals surface area contributed by atoms with E-state index in [-0.39, 0.29) is 48.1 Å². The molecule has 0 aliphatic rings. The minimum absolute atomic E-state index is 0. The number of benzene rings is 1. The lowest BCUT2D eigenvalue weighted by atomic mass is 10.1. The molecule has 0 saturated heterocycles. The van der Waals surface area contributed by atoms with Gasteiger partial charge in [0.05, 0.1) is 18.3 Å². The third-order valence-electron chi connectivity index (χ3n) is 3.24. The number of rotatable bonds is 7. The highest BCUT2D eigenvalue weighted by atomic mass is 127. The molecule has 1 atom stereocenters. The van der Waals surface area contributed by atoms with Crippen LogP contribution in [0.25, 0.3) is 0 Å². The minimum Gasteiger partial charge on any atom is -0.357 e. The number of aliphatic imine (C=N–C) groups is 1. The van der Waals surface area contributed by atoms with Crippen molar-refractivity contribution in [2.24, 2.45) is 4.99 Å². The molecular formula is C15H24Cl2IN3O2S. The molecule has 1 unspecified atom stereocenters. The molecule has 9 heteroatoms. The van der Waals surface area contributed by atoms with Crippen molar-refractivity contribution in [1.29, 1.82) is 0 Å². The molecule has 24 heavy (non-hydrogen) atoms. The molecular weight excluding hydrogens is 484 g/mol. The van der Waals surface area contributed by atoms with E-state index in [1.807, 2.05) is 19.9 Å². The highest BCUT2D eigenvalue weighted by Gasteiger charge is 2.12. The number of nitrogens with one attached hydrogen (secondary N) is 2. The van der Waals surface area contributed by atoms with Gasteiger partial charge in [-0.1, -0.05) is 36.2 Å². The first-order valence-corrected chi connectivity index (χ1v) is 10.1. The zero-order valence-corrected chi connectivity index (χ0v) is 18.6. The van der Waals surface area contributed by atoms with E-state index >= 15 is 0 Å². The fraction of sp³-hybridized carbons (Fsp3) is 0.533. The molecule has 0 radical (unpaired) electrons. The summed E-state index contributed by atoms with van der Waals surface area (Å²) in [6.45, 7) is 6.41.